The minimum Gasteiger partial charge on any atom is -0.312 e. The standard InChI is InChI=1S/C20H24F2N4O/c1-14-24-13-26(27-14)19-12-23-10-11-25(19)20(15-2-6-17(21)7-3-15)16-4-8-18(22)9-5-16/h2-9,14,19-20,23-24H,10-13H2,1H3. The Kier molecular flexibility index (Phi) is 5.47. The molecule has 2 saturated heterocycles. The molecule has 5 nitrogen and oxygen atoms in total. The number of nitrogens with one attached hydrogen (secondary N) is 2. The molecular formula is C20H24F2N4O. The average molecular weight is 374 g/mol. The normalized spacial score (nSPS) is 24.6. The van der Waals surface area contributed by atoms with Gasteiger partial charge in [0.15, 0.2) is 0 Å². The Morgan fingerprint density at radius 2 is 1.59 bits per heavy atom. The van der Waals surface area contributed by atoms with E-state index in [1.54, 1.807) is 24.3 Å². The summed E-state index contributed by atoms with van der Waals surface area (Å²) in [5.41, 5.74) is 1.94. The molecule has 0 radical (unpaired) electrons. The molecule has 0 saturated carbocycles. The summed E-state index contributed by atoms with van der Waals surface area (Å²) in [7, 11) is 0. The van der Waals surface area contributed by atoms with E-state index in [0.29, 0.717) is 6.67 Å². The quantitative estimate of drug-likeness (QED) is 0.860. The summed E-state index contributed by atoms with van der Waals surface area (Å²) in [4.78, 5) is 8.24. The fourth-order valence-electron chi connectivity index (χ4n) is 3.81. The molecule has 0 aliphatic carbocycles. The molecule has 2 aromatic rings. The first-order chi connectivity index (χ1) is 13.1. The molecule has 0 bridgehead atoms. The van der Waals surface area contributed by atoms with Gasteiger partial charge < -0.3 is 5.32 Å². The Labute approximate surface area is 157 Å². The predicted molar refractivity (Wildman–Crippen MR) is 98.4 cm³/mol. The molecule has 7 heteroatoms. The van der Waals surface area contributed by atoms with E-state index in [1.807, 2.05) is 12.0 Å². The van der Waals surface area contributed by atoms with Gasteiger partial charge in [0, 0.05) is 19.6 Å². The molecular weight excluding hydrogens is 350 g/mol. The number of halogens is 2. The minimum atomic E-state index is -0.269. The minimum absolute atomic E-state index is 0.00342. The fourth-order valence-corrected chi connectivity index (χ4v) is 3.81. The largest absolute Gasteiger partial charge is 0.312 e. The fraction of sp³-hybridized carbons (Fsp3) is 0.400. The molecule has 4 rings (SSSR count). The Balaban J connectivity index is 1.71. The first kappa shape index (κ1) is 18.5. The highest BCUT2D eigenvalue weighted by atomic mass is 19.1. The maximum atomic E-state index is 13.5. The van der Waals surface area contributed by atoms with Gasteiger partial charge in [-0.2, -0.15) is 5.06 Å². The third-order valence-corrected chi connectivity index (χ3v) is 5.12. The van der Waals surface area contributed by atoms with E-state index in [-0.39, 0.29) is 30.1 Å². The van der Waals surface area contributed by atoms with Crippen molar-refractivity contribution in [2.24, 2.45) is 0 Å². The van der Waals surface area contributed by atoms with Crippen LogP contribution in [0, 0.1) is 11.6 Å². The predicted octanol–water partition coefficient (Wildman–Crippen LogP) is 2.43. The molecule has 27 heavy (non-hydrogen) atoms. The number of hydroxylamine groups is 2. The lowest BCUT2D eigenvalue weighted by Crippen LogP contribution is -2.59. The van der Waals surface area contributed by atoms with Crippen molar-refractivity contribution in [1.82, 2.24) is 20.6 Å². The molecule has 0 aromatic heterocycles. The lowest BCUT2D eigenvalue weighted by Gasteiger charge is -2.44. The van der Waals surface area contributed by atoms with Crippen molar-refractivity contribution in [3.63, 3.8) is 0 Å². The Morgan fingerprint density at radius 1 is 1.00 bits per heavy atom. The van der Waals surface area contributed by atoms with Gasteiger partial charge in [-0.05, 0) is 42.3 Å². The third-order valence-electron chi connectivity index (χ3n) is 5.12. The number of rotatable bonds is 4. The van der Waals surface area contributed by atoms with Crippen LogP contribution < -0.4 is 10.6 Å². The lowest BCUT2D eigenvalue weighted by molar-refractivity contribution is -0.209. The van der Waals surface area contributed by atoms with Crippen molar-refractivity contribution in [3.05, 3.63) is 71.3 Å². The summed E-state index contributed by atoms with van der Waals surface area (Å²) in [6.07, 6.45) is -0.0415. The van der Waals surface area contributed by atoms with Crippen molar-refractivity contribution in [2.45, 2.75) is 25.4 Å². The number of hydrogen-bond acceptors (Lipinski definition) is 5. The van der Waals surface area contributed by atoms with Crippen LogP contribution in [0.15, 0.2) is 48.5 Å². The van der Waals surface area contributed by atoms with E-state index in [9.17, 15) is 8.78 Å². The first-order valence-corrected chi connectivity index (χ1v) is 9.26. The summed E-state index contributed by atoms with van der Waals surface area (Å²) >= 11 is 0. The molecule has 0 amide bonds. The lowest BCUT2D eigenvalue weighted by atomic mass is 9.95. The first-order valence-electron chi connectivity index (χ1n) is 9.26. The Bertz CT molecular complexity index is 710. The van der Waals surface area contributed by atoms with Gasteiger partial charge in [-0.25, -0.2) is 8.78 Å². The van der Waals surface area contributed by atoms with Gasteiger partial charge >= 0.3 is 0 Å². The molecule has 2 aliphatic heterocycles. The van der Waals surface area contributed by atoms with E-state index < -0.39 is 0 Å². The van der Waals surface area contributed by atoms with E-state index >= 15 is 0 Å². The van der Waals surface area contributed by atoms with Crippen LogP contribution in [0.4, 0.5) is 8.78 Å². The van der Waals surface area contributed by atoms with Gasteiger partial charge in [-0.3, -0.25) is 15.1 Å². The summed E-state index contributed by atoms with van der Waals surface area (Å²) in [5.74, 6) is -0.538. The van der Waals surface area contributed by atoms with Crippen molar-refractivity contribution in [3.8, 4) is 0 Å². The zero-order valence-electron chi connectivity index (χ0n) is 15.2. The van der Waals surface area contributed by atoms with Crippen LogP contribution in [0.2, 0.25) is 0 Å². The van der Waals surface area contributed by atoms with Crippen molar-refractivity contribution in [1.29, 1.82) is 0 Å². The number of hydrogen-bond donors (Lipinski definition) is 2. The summed E-state index contributed by atoms with van der Waals surface area (Å²) in [6.45, 7) is 4.97. The Hall–Kier alpha value is -1.90. The van der Waals surface area contributed by atoms with Crippen molar-refractivity contribution >= 4 is 0 Å². The van der Waals surface area contributed by atoms with Crippen LogP contribution in [0.3, 0.4) is 0 Å². The maximum Gasteiger partial charge on any atom is 0.128 e. The third kappa shape index (κ3) is 4.02. The summed E-state index contributed by atoms with van der Waals surface area (Å²) in [6, 6.07) is 13.0. The van der Waals surface area contributed by atoms with Crippen LogP contribution >= 0.6 is 0 Å². The van der Waals surface area contributed by atoms with Gasteiger partial charge in [0.25, 0.3) is 0 Å². The van der Waals surface area contributed by atoms with Gasteiger partial charge in [0.2, 0.25) is 0 Å². The van der Waals surface area contributed by atoms with Gasteiger partial charge in [-0.15, -0.1) is 0 Å². The second-order valence-corrected chi connectivity index (χ2v) is 6.96. The zero-order valence-corrected chi connectivity index (χ0v) is 15.2. The van der Waals surface area contributed by atoms with E-state index in [1.165, 1.54) is 24.3 Å². The molecule has 2 heterocycles. The highest BCUT2D eigenvalue weighted by Crippen LogP contribution is 2.32. The number of nitrogens with zero attached hydrogens (tertiary/aromatic N) is 2. The highest BCUT2D eigenvalue weighted by molar-refractivity contribution is 5.32. The van der Waals surface area contributed by atoms with E-state index in [0.717, 1.165) is 30.8 Å². The molecule has 2 fully saturated rings. The second-order valence-electron chi connectivity index (χ2n) is 6.96. The summed E-state index contributed by atoms with van der Waals surface area (Å²) in [5, 5.41) is 8.63. The Morgan fingerprint density at radius 3 is 2.11 bits per heavy atom. The highest BCUT2D eigenvalue weighted by Gasteiger charge is 2.37. The van der Waals surface area contributed by atoms with Gasteiger partial charge in [0.05, 0.1) is 12.7 Å². The molecule has 0 spiro atoms. The SMILES string of the molecule is CC1NCN(C2CNCCN2C(c2ccc(F)cc2)c2ccc(F)cc2)O1. The molecule has 144 valence electrons. The van der Waals surface area contributed by atoms with Crippen molar-refractivity contribution in [2.75, 3.05) is 26.3 Å². The zero-order chi connectivity index (χ0) is 18.8. The number of benzene rings is 2. The van der Waals surface area contributed by atoms with Crippen molar-refractivity contribution < 1.29 is 13.6 Å². The summed E-state index contributed by atoms with van der Waals surface area (Å²) < 4.78 is 27.0. The van der Waals surface area contributed by atoms with Gasteiger partial charge in [0.1, 0.15) is 24.0 Å². The van der Waals surface area contributed by atoms with E-state index in [4.69, 9.17) is 4.84 Å². The van der Waals surface area contributed by atoms with E-state index in [2.05, 4.69) is 15.5 Å². The van der Waals surface area contributed by atoms with Crippen LogP contribution in [-0.4, -0.2) is 48.7 Å². The molecule has 2 aliphatic rings. The average Bonchev–Trinajstić information content (AvgIpc) is 3.12. The second kappa shape index (κ2) is 8.00. The van der Waals surface area contributed by atoms with Crippen LogP contribution in [0.5, 0.6) is 0 Å². The molecule has 2 N–H and O–H groups in total. The number of piperazine rings is 1. The molecule has 2 atom stereocenters. The van der Waals surface area contributed by atoms with Crippen LogP contribution in [0.1, 0.15) is 24.1 Å². The van der Waals surface area contributed by atoms with Crippen LogP contribution in [0.25, 0.3) is 0 Å². The molecule has 2 unspecified atom stereocenters. The molecule has 2 aromatic carbocycles. The smallest absolute Gasteiger partial charge is 0.128 e. The maximum absolute atomic E-state index is 13.5. The monoisotopic (exact) mass is 374 g/mol. The van der Waals surface area contributed by atoms with Crippen LogP contribution in [-0.2, 0) is 4.84 Å². The van der Waals surface area contributed by atoms with Gasteiger partial charge in [-0.1, -0.05) is 24.3 Å². The topological polar surface area (TPSA) is 39.8 Å².